The van der Waals surface area contributed by atoms with E-state index in [1.165, 1.54) is 4.90 Å². The van der Waals surface area contributed by atoms with Crippen molar-refractivity contribution in [2.24, 2.45) is 5.92 Å². The number of nitrogens with one attached hydrogen (secondary N) is 2. The topological polar surface area (TPSA) is 70.2 Å². The van der Waals surface area contributed by atoms with Gasteiger partial charge in [0, 0.05) is 20.1 Å². The van der Waals surface area contributed by atoms with Crippen LogP contribution in [-0.2, 0) is 4.79 Å². The quantitative estimate of drug-likeness (QED) is 0.788. The van der Waals surface area contributed by atoms with Crippen molar-refractivity contribution in [1.29, 1.82) is 0 Å². The number of nitrogens with zero attached hydrogens (tertiary/aromatic N) is 3. The van der Waals surface area contributed by atoms with Crippen molar-refractivity contribution in [1.82, 2.24) is 15.3 Å². The maximum Gasteiger partial charge on any atom is 0.239 e. The monoisotopic (exact) mass is 283 g/mol. The number of likely N-dealkylation sites (N-methyl/N-ethyl adjacent to an activating group) is 1. The summed E-state index contributed by atoms with van der Waals surface area (Å²) in [5.74, 6) is 0.115. The van der Waals surface area contributed by atoms with Gasteiger partial charge in [-0.05, 0) is 12.8 Å². The second-order valence-electron chi connectivity index (χ2n) is 4.95. The number of carbonyl (C=O) groups excluding carboxylic acids is 1. The first-order valence-corrected chi connectivity index (χ1v) is 6.68. The smallest absolute Gasteiger partial charge is 0.239 e. The third-order valence-corrected chi connectivity index (χ3v) is 2.51. The first-order valence-electron chi connectivity index (χ1n) is 6.68. The molecule has 0 radical (unpaired) electrons. The summed E-state index contributed by atoms with van der Waals surface area (Å²) in [6.45, 7) is 7.21. The molecule has 0 saturated carbocycles. The van der Waals surface area contributed by atoms with Gasteiger partial charge in [0.25, 0.3) is 0 Å². The van der Waals surface area contributed by atoms with E-state index in [1.807, 2.05) is 20.8 Å². The molecule has 0 fully saturated rings. The SMILES string of the molecule is CCNc1ncc(F)c(N(C)CC(=O)NCC(C)C)n1. The normalized spacial score (nSPS) is 10.5. The Morgan fingerprint density at radius 2 is 2.20 bits per heavy atom. The van der Waals surface area contributed by atoms with Crippen molar-refractivity contribution in [3.63, 3.8) is 0 Å². The van der Waals surface area contributed by atoms with Crippen LogP contribution >= 0.6 is 0 Å². The van der Waals surface area contributed by atoms with Crippen molar-refractivity contribution in [2.75, 3.05) is 36.9 Å². The van der Waals surface area contributed by atoms with Crippen LogP contribution in [0.25, 0.3) is 0 Å². The van der Waals surface area contributed by atoms with Gasteiger partial charge in [-0.3, -0.25) is 4.79 Å². The predicted octanol–water partition coefficient (Wildman–Crippen LogP) is 1.26. The Bertz CT molecular complexity index is 452. The lowest BCUT2D eigenvalue weighted by molar-refractivity contribution is -0.119. The van der Waals surface area contributed by atoms with E-state index < -0.39 is 5.82 Å². The second kappa shape index (κ2) is 7.62. The van der Waals surface area contributed by atoms with Crippen molar-refractivity contribution >= 4 is 17.7 Å². The van der Waals surface area contributed by atoms with Crippen LogP contribution in [0.4, 0.5) is 16.2 Å². The summed E-state index contributed by atoms with van der Waals surface area (Å²) in [4.78, 5) is 21.1. The van der Waals surface area contributed by atoms with E-state index in [-0.39, 0.29) is 18.3 Å². The minimum atomic E-state index is -0.550. The zero-order valence-corrected chi connectivity index (χ0v) is 12.4. The van der Waals surface area contributed by atoms with Gasteiger partial charge in [-0.1, -0.05) is 13.8 Å². The summed E-state index contributed by atoms with van der Waals surface area (Å²) in [6.07, 6.45) is 1.10. The van der Waals surface area contributed by atoms with Gasteiger partial charge >= 0.3 is 0 Å². The lowest BCUT2D eigenvalue weighted by Crippen LogP contribution is -2.37. The van der Waals surface area contributed by atoms with Gasteiger partial charge in [-0.2, -0.15) is 4.98 Å². The number of amides is 1. The molecule has 7 heteroatoms. The molecule has 0 saturated heterocycles. The summed E-state index contributed by atoms with van der Waals surface area (Å²) in [6, 6.07) is 0. The van der Waals surface area contributed by atoms with E-state index in [2.05, 4.69) is 20.6 Å². The van der Waals surface area contributed by atoms with Crippen molar-refractivity contribution in [3.8, 4) is 0 Å². The summed E-state index contributed by atoms with van der Waals surface area (Å²) in [7, 11) is 1.62. The van der Waals surface area contributed by atoms with E-state index in [0.717, 1.165) is 6.20 Å². The van der Waals surface area contributed by atoms with Crippen LogP contribution in [-0.4, -0.2) is 42.6 Å². The van der Waals surface area contributed by atoms with Gasteiger partial charge in [-0.25, -0.2) is 9.37 Å². The van der Waals surface area contributed by atoms with Gasteiger partial charge in [-0.15, -0.1) is 0 Å². The number of anilines is 2. The molecule has 0 bridgehead atoms. The van der Waals surface area contributed by atoms with E-state index in [1.54, 1.807) is 7.05 Å². The maximum absolute atomic E-state index is 13.7. The molecule has 0 aliphatic rings. The van der Waals surface area contributed by atoms with Crippen LogP contribution in [0.5, 0.6) is 0 Å². The molecule has 0 spiro atoms. The Hall–Kier alpha value is -1.92. The Morgan fingerprint density at radius 3 is 2.80 bits per heavy atom. The number of hydrogen-bond donors (Lipinski definition) is 2. The molecule has 1 aromatic heterocycles. The summed E-state index contributed by atoms with van der Waals surface area (Å²) in [5.41, 5.74) is 0. The lowest BCUT2D eigenvalue weighted by Gasteiger charge is -2.19. The summed E-state index contributed by atoms with van der Waals surface area (Å²) in [5, 5.41) is 5.69. The second-order valence-corrected chi connectivity index (χ2v) is 4.95. The highest BCUT2D eigenvalue weighted by Crippen LogP contribution is 2.15. The van der Waals surface area contributed by atoms with Gasteiger partial charge in [0.2, 0.25) is 11.9 Å². The minimum Gasteiger partial charge on any atom is -0.354 e. The molecule has 1 amide bonds. The average molecular weight is 283 g/mol. The van der Waals surface area contributed by atoms with Gasteiger partial charge in [0.15, 0.2) is 11.6 Å². The van der Waals surface area contributed by atoms with Crippen LogP contribution in [0.3, 0.4) is 0 Å². The third kappa shape index (κ3) is 4.99. The maximum atomic E-state index is 13.7. The minimum absolute atomic E-state index is 0.0478. The van der Waals surface area contributed by atoms with E-state index in [4.69, 9.17) is 0 Å². The van der Waals surface area contributed by atoms with Crippen molar-refractivity contribution < 1.29 is 9.18 Å². The number of rotatable bonds is 7. The third-order valence-electron chi connectivity index (χ3n) is 2.51. The van der Waals surface area contributed by atoms with E-state index in [9.17, 15) is 9.18 Å². The molecule has 0 aromatic carbocycles. The Kier molecular flexibility index (Phi) is 6.14. The van der Waals surface area contributed by atoms with Crippen molar-refractivity contribution in [2.45, 2.75) is 20.8 Å². The number of aromatic nitrogens is 2. The van der Waals surface area contributed by atoms with Gasteiger partial charge in [0.05, 0.1) is 12.7 Å². The standard InChI is InChI=1S/C13H22FN5O/c1-5-15-13-17-7-10(14)12(18-13)19(4)8-11(20)16-6-9(2)3/h7,9H,5-6,8H2,1-4H3,(H,16,20)(H,15,17,18). The predicted molar refractivity (Wildman–Crippen MR) is 77.3 cm³/mol. The van der Waals surface area contributed by atoms with Crippen LogP contribution < -0.4 is 15.5 Å². The molecular weight excluding hydrogens is 261 g/mol. The summed E-state index contributed by atoms with van der Waals surface area (Å²) < 4.78 is 13.7. The average Bonchev–Trinajstić information content (AvgIpc) is 2.38. The van der Waals surface area contributed by atoms with Gasteiger partial charge < -0.3 is 15.5 Å². The molecule has 0 unspecified atom stereocenters. The van der Waals surface area contributed by atoms with E-state index >= 15 is 0 Å². The summed E-state index contributed by atoms with van der Waals surface area (Å²) >= 11 is 0. The molecule has 0 aliphatic carbocycles. The first-order chi connectivity index (χ1) is 9.43. The first kappa shape index (κ1) is 16.1. The number of carbonyl (C=O) groups is 1. The highest BCUT2D eigenvalue weighted by atomic mass is 19.1. The molecule has 1 rings (SSSR count). The molecular formula is C13H22FN5O. The highest BCUT2D eigenvalue weighted by Gasteiger charge is 2.14. The Morgan fingerprint density at radius 1 is 1.50 bits per heavy atom. The largest absolute Gasteiger partial charge is 0.354 e. The fourth-order valence-corrected chi connectivity index (χ4v) is 1.53. The van der Waals surface area contributed by atoms with Crippen LogP contribution in [0.2, 0.25) is 0 Å². The van der Waals surface area contributed by atoms with Crippen LogP contribution in [0, 0.1) is 11.7 Å². The van der Waals surface area contributed by atoms with Crippen LogP contribution in [0.1, 0.15) is 20.8 Å². The fraction of sp³-hybridized carbons (Fsp3) is 0.615. The number of halogens is 1. The zero-order chi connectivity index (χ0) is 15.1. The molecule has 2 N–H and O–H groups in total. The lowest BCUT2D eigenvalue weighted by atomic mass is 10.2. The fourth-order valence-electron chi connectivity index (χ4n) is 1.53. The zero-order valence-electron chi connectivity index (χ0n) is 12.4. The van der Waals surface area contributed by atoms with Crippen molar-refractivity contribution in [3.05, 3.63) is 12.0 Å². The number of hydrogen-bond acceptors (Lipinski definition) is 5. The van der Waals surface area contributed by atoms with Gasteiger partial charge in [0.1, 0.15) is 0 Å². The molecule has 1 aromatic rings. The van der Waals surface area contributed by atoms with E-state index in [0.29, 0.717) is 25.0 Å². The molecule has 0 atom stereocenters. The van der Waals surface area contributed by atoms with Crippen LogP contribution in [0.15, 0.2) is 6.20 Å². The highest BCUT2D eigenvalue weighted by molar-refractivity contribution is 5.80. The molecule has 6 nitrogen and oxygen atoms in total. The molecule has 112 valence electrons. The molecule has 0 aliphatic heterocycles. The Balaban J connectivity index is 2.68. The Labute approximate surface area is 118 Å². The molecule has 1 heterocycles. The molecule has 20 heavy (non-hydrogen) atoms.